The van der Waals surface area contributed by atoms with Crippen LogP contribution in [0.4, 0.5) is 5.69 Å². The molecule has 108 valence electrons. The van der Waals surface area contributed by atoms with Crippen LogP contribution in [0.2, 0.25) is 5.02 Å². The third-order valence-electron chi connectivity index (χ3n) is 4.24. The minimum absolute atomic E-state index is 0.000586. The van der Waals surface area contributed by atoms with Gasteiger partial charge in [-0.2, -0.15) is 0 Å². The Kier molecular flexibility index (Phi) is 3.85. The quantitative estimate of drug-likeness (QED) is 0.810. The number of morpholine rings is 1. The van der Waals surface area contributed by atoms with Gasteiger partial charge in [-0.1, -0.05) is 24.4 Å². The van der Waals surface area contributed by atoms with Gasteiger partial charge in [-0.3, -0.25) is 4.79 Å². The van der Waals surface area contributed by atoms with E-state index in [1.165, 1.54) is 6.42 Å². The molecule has 0 bridgehead atoms. The van der Waals surface area contributed by atoms with Crippen LogP contribution in [0.1, 0.15) is 36.0 Å². The number of amides is 1. The third-order valence-corrected chi connectivity index (χ3v) is 4.47. The maximum Gasteiger partial charge on any atom is 0.256 e. The SMILES string of the molecule is Nc1cc(Cl)ccc1C(=O)N1CCOC2CCCCC21. The Labute approximate surface area is 123 Å². The van der Waals surface area contributed by atoms with Crippen LogP contribution in [-0.4, -0.2) is 36.1 Å². The summed E-state index contributed by atoms with van der Waals surface area (Å²) < 4.78 is 5.80. The van der Waals surface area contributed by atoms with Crippen molar-refractivity contribution in [2.45, 2.75) is 37.8 Å². The van der Waals surface area contributed by atoms with Gasteiger partial charge in [0.05, 0.1) is 24.3 Å². The van der Waals surface area contributed by atoms with Crippen LogP contribution >= 0.6 is 11.6 Å². The standard InChI is InChI=1S/C15H19ClN2O2/c16-10-5-6-11(12(17)9-10)15(19)18-7-8-20-14-4-2-1-3-13(14)18/h5-6,9,13-14H,1-4,7-8,17H2. The number of nitrogens with zero attached hydrogens (tertiary/aromatic N) is 1. The number of anilines is 1. The Morgan fingerprint density at radius 1 is 1.35 bits per heavy atom. The van der Waals surface area contributed by atoms with Crippen molar-refractivity contribution in [2.24, 2.45) is 0 Å². The number of fused-ring (bicyclic) bond motifs is 1. The first-order valence-corrected chi connectivity index (χ1v) is 7.52. The van der Waals surface area contributed by atoms with E-state index in [9.17, 15) is 4.79 Å². The zero-order valence-corrected chi connectivity index (χ0v) is 12.1. The zero-order chi connectivity index (χ0) is 14.1. The minimum Gasteiger partial charge on any atom is -0.398 e. The second-order valence-electron chi connectivity index (χ2n) is 5.49. The molecule has 1 aliphatic heterocycles. The fraction of sp³-hybridized carbons (Fsp3) is 0.533. The first-order chi connectivity index (χ1) is 9.66. The van der Waals surface area contributed by atoms with E-state index in [0.29, 0.717) is 29.4 Å². The number of hydrogen-bond donors (Lipinski definition) is 1. The Morgan fingerprint density at radius 3 is 2.95 bits per heavy atom. The molecule has 0 radical (unpaired) electrons. The summed E-state index contributed by atoms with van der Waals surface area (Å²) in [7, 11) is 0. The van der Waals surface area contributed by atoms with Crippen molar-refractivity contribution in [2.75, 3.05) is 18.9 Å². The Balaban J connectivity index is 1.85. The predicted molar refractivity (Wildman–Crippen MR) is 78.9 cm³/mol. The number of nitrogens with two attached hydrogens (primary N) is 1. The van der Waals surface area contributed by atoms with Gasteiger partial charge in [0.15, 0.2) is 0 Å². The van der Waals surface area contributed by atoms with Crippen LogP contribution in [0.15, 0.2) is 18.2 Å². The molecule has 2 unspecified atom stereocenters. The van der Waals surface area contributed by atoms with Gasteiger partial charge in [0.25, 0.3) is 5.91 Å². The van der Waals surface area contributed by atoms with Crippen LogP contribution in [0.5, 0.6) is 0 Å². The fourth-order valence-corrected chi connectivity index (χ4v) is 3.41. The molecule has 2 N–H and O–H groups in total. The molecule has 1 saturated carbocycles. The van der Waals surface area contributed by atoms with Gasteiger partial charge in [-0.25, -0.2) is 0 Å². The topological polar surface area (TPSA) is 55.6 Å². The molecule has 3 rings (SSSR count). The molecule has 1 heterocycles. The van der Waals surface area contributed by atoms with Crippen molar-refractivity contribution in [3.63, 3.8) is 0 Å². The lowest BCUT2D eigenvalue weighted by Crippen LogP contribution is -2.54. The Hall–Kier alpha value is -1.26. The van der Waals surface area contributed by atoms with Crippen LogP contribution in [-0.2, 0) is 4.74 Å². The summed E-state index contributed by atoms with van der Waals surface area (Å²) in [5, 5.41) is 0.552. The van der Waals surface area contributed by atoms with E-state index < -0.39 is 0 Å². The first-order valence-electron chi connectivity index (χ1n) is 7.14. The van der Waals surface area contributed by atoms with Gasteiger partial charge in [-0.05, 0) is 31.0 Å². The van der Waals surface area contributed by atoms with Gasteiger partial charge in [0.2, 0.25) is 0 Å². The smallest absolute Gasteiger partial charge is 0.256 e. The minimum atomic E-state index is -0.000586. The molecule has 1 aliphatic carbocycles. The molecular weight excluding hydrogens is 276 g/mol. The van der Waals surface area contributed by atoms with Crippen molar-refractivity contribution in [1.82, 2.24) is 4.90 Å². The summed E-state index contributed by atoms with van der Waals surface area (Å²) in [6, 6.07) is 5.25. The molecule has 1 aromatic rings. The third kappa shape index (κ3) is 2.50. The lowest BCUT2D eigenvalue weighted by atomic mass is 9.89. The first kappa shape index (κ1) is 13.7. The van der Waals surface area contributed by atoms with E-state index in [2.05, 4.69) is 0 Å². The molecule has 0 spiro atoms. The highest BCUT2D eigenvalue weighted by atomic mass is 35.5. The van der Waals surface area contributed by atoms with Crippen LogP contribution in [0, 0.1) is 0 Å². The number of carbonyl (C=O) groups is 1. The molecule has 0 aromatic heterocycles. The van der Waals surface area contributed by atoms with E-state index in [1.807, 2.05) is 4.90 Å². The summed E-state index contributed by atoms with van der Waals surface area (Å²) >= 11 is 5.89. The predicted octanol–water partition coefficient (Wildman–Crippen LogP) is 2.71. The number of hydrogen-bond acceptors (Lipinski definition) is 3. The second-order valence-corrected chi connectivity index (χ2v) is 5.93. The van der Waals surface area contributed by atoms with Crippen molar-refractivity contribution < 1.29 is 9.53 Å². The van der Waals surface area contributed by atoms with Gasteiger partial charge < -0.3 is 15.4 Å². The molecule has 4 nitrogen and oxygen atoms in total. The number of ether oxygens (including phenoxy) is 1. The largest absolute Gasteiger partial charge is 0.398 e. The molecule has 5 heteroatoms. The monoisotopic (exact) mass is 294 g/mol. The lowest BCUT2D eigenvalue weighted by Gasteiger charge is -2.43. The second kappa shape index (κ2) is 5.62. The average Bonchev–Trinajstić information content (AvgIpc) is 2.46. The van der Waals surface area contributed by atoms with Crippen molar-refractivity contribution >= 4 is 23.2 Å². The van der Waals surface area contributed by atoms with Crippen LogP contribution < -0.4 is 5.73 Å². The van der Waals surface area contributed by atoms with Gasteiger partial charge in [0, 0.05) is 17.3 Å². The van der Waals surface area contributed by atoms with Crippen molar-refractivity contribution in [1.29, 1.82) is 0 Å². The fourth-order valence-electron chi connectivity index (χ4n) is 3.23. The summed E-state index contributed by atoms with van der Waals surface area (Å²) in [4.78, 5) is 14.7. The molecule has 2 atom stereocenters. The number of carbonyl (C=O) groups excluding carboxylic acids is 1. The lowest BCUT2D eigenvalue weighted by molar-refractivity contribution is -0.0752. The Morgan fingerprint density at radius 2 is 2.15 bits per heavy atom. The van der Waals surface area contributed by atoms with E-state index in [1.54, 1.807) is 18.2 Å². The van der Waals surface area contributed by atoms with Gasteiger partial charge >= 0.3 is 0 Å². The highest BCUT2D eigenvalue weighted by molar-refractivity contribution is 6.31. The molecular formula is C15H19ClN2O2. The zero-order valence-electron chi connectivity index (χ0n) is 11.3. The van der Waals surface area contributed by atoms with Crippen LogP contribution in [0.25, 0.3) is 0 Å². The average molecular weight is 295 g/mol. The number of halogens is 1. The Bertz CT molecular complexity index is 519. The number of nitrogen functional groups attached to an aromatic ring is 1. The van der Waals surface area contributed by atoms with E-state index >= 15 is 0 Å². The van der Waals surface area contributed by atoms with E-state index in [0.717, 1.165) is 19.3 Å². The van der Waals surface area contributed by atoms with Crippen molar-refractivity contribution in [3.05, 3.63) is 28.8 Å². The number of benzene rings is 1. The maximum atomic E-state index is 12.7. The summed E-state index contributed by atoms with van der Waals surface area (Å²) in [6.07, 6.45) is 4.60. The van der Waals surface area contributed by atoms with Crippen LogP contribution in [0.3, 0.4) is 0 Å². The number of rotatable bonds is 1. The molecule has 1 saturated heterocycles. The molecule has 1 amide bonds. The normalized spacial score (nSPS) is 26.1. The molecule has 2 fully saturated rings. The van der Waals surface area contributed by atoms with E-state index in [4.69, 9.17) is 22.1 Å². The summed E-state index contributed by atoms with van der Waals surface area (Å²) in [5.74, 6) is -0.000586. The molecule has 1 aromatic carbocycles. The molecule has 20 heavy (non-hydrogen) atoms. The van der Waals surface area contributed by atoms with Crippen molar-refractivity contribution in [3.8, 4) is 0 Å². The summed E-state index contributed by atoms with van der Waals surface area (Å²) in [6.45, 7) is 1.25. The van der Waals surface area contributed by atoms with E-state index in [-0.39, 0.29) is 18.1 Å². The molecule has 2 aliphatic rings. The van der Waals surface area contributed by atoms with Gasteiger partial charge in [-0.15, -0.1) is 0 Å². The highest BCUT2D eigenvalue weighted by Crippen LogP contribution is 2.30. The maximum absolute atomic E-state index is 12.7. The highest BCUT2D eigenvalue weighted by Gasteiger charge is 2.37. The van der Waals surface area contributed by atoms with Gasteiger partial charge in [0.1, 0.15) is 0 Å². The summed E-state index contributed by atoms with van der Waals surface area (Å²) in [5.41, 5.74) is 6.92.